The van der Waals surface area contributed by atoms with Gasteiger partial charge in [0.1, 0.15) is 0 Å². The van der Waals surface area contributed by atoms with Crippen molar-refractivity contribution in [3.8, 4) is 0 Å². The van der Waals surface area contributed by atoms with E-state index >= 15 is 0 Å². The molecule has 4 heteroatoms. The summed E-state index contributed by atoms with van der Waals surface area (Å²) in [6.45, 7) is 8.55. The molecule has 0 saturated carbocycles. The van der Waals surface area contributed by atoms with E-state index in [2.05, 4.69) is 18.7 Å². The van der Waals surface area contributed by atoms with E-state index in [1.165, 1.54) is 6.42 Å². The Morgan fingerprint density at radius 3 is 2.22 bits per heavy atom. The molecule has 0 bridgehead atoms. The van der Waals surface area contributed by atoms with E-state index in [1.807, 2.05) is 0 Å². The predicted octanol–water partition coefficient (Wildman–Crippen LogP) is 2.77. The molecule has 0 aliphatic heterocycles. The Bertz CT molecular complexity index is 197. The lowest BCUT2D eigenvalue weighted by molar-refractivity contribution is -0.137. The number of hydrogen-bond donors (Lipinski definition) is 1. The number of carbonyl (C=O) groups is 1. The van der Waals surface area contributed by atoms with Gasteiger partial charge in [0, 0.05) is 26.3 Å². The number of carboxylic acids is 1. The van der Waals surface area contributed by atoms with Gasteiger partial charge in [-0.25, -0.2) is 0 Å². The summed E-state index contributed by atoms with van der Waals surface area (Å²) in [6, 6.07) is 0. The fourth-order valence-corrected chi connectivity index (χ4v) is 1.71. The summed E-state index contributed by atoms with van der Waals surface area (Å²) in [5.41, 5.74) is 0. The number of aliphatic carboxylic acids is 1. The molecular weight excluding hydrogens is 230 g/mol. The Labute approximate surface area is 111 Å². The molecule has 0 amide bonds. The number of ether oxygens (including phenoxy) is 1. The van der Waals surface area contributed by atoms with Crippen LogP contribution in [0.1, 0.15) is 52.4 Å². The van der Waals surface area contributed by atoms with Gasteiger partial charge < -0.3 is 14.7 Å². The molecule has 0 aromatic carbocycles. The number of hydrogen-bond acceptors (Lipinski definition) is 3. The molecule has 0 unspecified atom stereocenters. The second kappa shape index (κ2) is 12.8. The molecule has 0 spiro atoms. The fourth-order valence-electron chi connectivity index (χ4n) is 1.71. The largest absolute Gasteiger partial charge is 0.481 e. The maximum atomic E-state index is 10.6. The van der Waals surface area contributed by atoms with Crippen molar-refractivity contribution in [3.63, 3.8) is 0 Å². The molecule has 1 N–H and O–H groups in total. The van der Waals surface area contributed by atoms with Crippen LogP contribution in [0.5, 0.6) is 0 Å². The van der Waals surface area contributed by atoms with Crippen molar-refractivity contribution < 1.29 is 14.6 Å². The Balaban J connectivity index is 3.61. The van der Waals surface area contributed by atoms with Crippen molar-refractivity contribution in [1.82, 2.24) is 4.90 Å². The van der Waals surface area contributed by atoms with Crippen LogP contribution in [0.25, 0.3) is 0 Å². The summed E-state index contributed by atoms with van der Waals surface area (Å²) >= 11 is 0. The molecule has 18 heavy (non-hydrogen) atoms. The van der Waals surface area contributed by atoms with Crippen LogP contribution in [0.2, 0.25) is 0 Å². The summed E-state index contributed by atoms with van der Waals surface area (Å²) in [6.07, 6.45) is 5.81. The predicted molar refractivity (Wildman–Crippen MR) is 73.9 cm³/mol. The van der Waals surface area contributed by atoms with Crippen LogP contribution >= 0.6 is 0 Å². The van der Waals surface area contributed by atoms with Crippen LogP contribution in [-0.4, -0.2) is 48.8 Å². The molecule has 0 atom stereocenters. The first-order valence-corrected chi connectivity index (χ1v) is 7.22. The Hall–Kier alpha value is -0.610. The zero-order valence-corrected chi connectivity index (χ0v) is 12.0. The number of nitrogens with zero attached hydrogens (tertiary/aromatic N) is 1. The molecule has 0 aliphatic carbocycles. The van der Waals surface area contributed by atoms with Crippen molar-refractivity contribution in [1.29, 1.82) is 0 Å². The highest BCUT2D eigenvalue weighted by Crippen LogP contribution is 2.00. The zero-order chi connectivity index (χ0) is 13.6. The highest BCUT2D eigenvalue weighted by Gasteiger charge is 2.06. The summed E-state index contributed by atoms with van der Waals surface area (Å²) < 4.78 is 5.51. The van der Waals surface area contributed by atoms with Crippen LogP contribution in [0.15, 0.2) is 0 Å². The van der Waals surface area contributed by atoms with E-state index < -0.39 is 5.97 Å². The zero-order valence-electron chi connectivity index (χ0n) is 12.0. The maximum absolute atomic E-state index is 10.6. The highest BCUT2D eigenvalue weighted by molar-refractivity contribution is 5.66. The summed E-state index contributed by atoms with van der Waals surface area (Å²) in [7, 11) is 0. The average molecular weight is 259 g/mol. The van der Waals surface area contributed by atoms with Gasteiger partial charge in [0.05, 0.1) is 6.42 Å². The Morgan fingerprint density at radius 2 is 1.61 bits per heavy atom. The molecule has 4 nitrogen and oxygen atoms in total. The smallest absolute Gasteiger partial charge is 0.304 e. The van der Waals surface area contributed by atoms with Gasteiger partial charge in [-0.2, -0.15) is 0 Å². The van der Waals surface area contributed by atoms with Crippen LogP contribution in [0.3, 0.4) is 0 Å². The molecule has 0 fully saturated rings. The van der Waals surface area contributed by atoms with Crippen LogP contribution < -0.4 is 0 Å². The van der Waals surface area contributed by atoms with E-state index in [0.717, 1.165) is 52.0 Å². The van der Waals surface area contributed by atoms with Gasteiger partial charge in [0.25, 0.3) is 0 Å². The first kappa shape index (κ1) is 17.4. The van der Waals surface area contributed by atoms with Crippen LogP contribution in [-0.2, 0) is 9.53 Å². The van der Waals surface area contributed by atoms with Gasteiger partial charge in [-0.05, 0) is 25.8 Å². The summed E-state index contributed by atoms with van der Waals surface area (Å²) in [4.78, 5) is 12.8. The minimum atomic E-state index is -0.712. The number of unbranched alkanes of at least 4 members (excludes halogenated alkanes) is 2. The lowest BCUT2D eigenvalue weighted by Crippen LogP contribution is -2.29. The van der Waals surface area contributed by atoms with Crippen molar-refractivity contribution in [2.24, 2.45) is 0 Å². The van der Waals surface area contributed by atoms with E-state index in [9.17, 15) is 4.79 Å². The average Bonchev–Trinajstić information content (AvgIpc) is 2.35. The third-order valence-corrected chi connectivity index (χ3v) is 2.88. The Morgan fingerprint density at radius 1 is 1.00 bits per heavy atom. The first-order valence-electron chi connectivity index (χ1n) is 7.22. The second-order valence-electron chi connectivity index (χ2n) is 4.66. The monoisotopic (exact) mass is 259 g/mol. The normalized spacial score (nSPS) is 11.1. The molecule has 0 aromatic rings. The van der Waals surface area contributed by atoms with Gasteiger partial charge in [-0.3, -0.25) is 4.79 Å². The Kier molecular flexibility index (Phi) is 12.4. The van der Waals surface area contributed by atoms with Gasteiger partial charge in [0.15, 0.2) is 0 Å². The summed E-state index contributed by atoms with van der Waals surface area (Å²) in [5, 5.41) is 8.71. The summed E-state index contributed by atoms with van der Waals surface area (Å²) in [5.74, 6) is -0.712. The third kappa shape index (κ3) is 11.9. The minimum absolute atomic E-state index is 0.237. The first-order chi connectivity index (χ1) is 8.70. The fraction of sp³-hybridized carbons (Fsp3) is 0.929. The molecule has 0 rings (SSSR count). The minimum Gasteiger partial charge on any atom is -0.481 e. The van der Waals surface area contributed by atoms with E-state index in [1.54, 1.807) is 0 Å². The topological polar surface area (TPSA) is 49.8 Å². The van der Waals surface area contributed by atoms with Crippen molar-refractivity contribution >= 4 is 5.97 Å². The SMILES string of the molecule is CCCCOCCCN(CCCC)CCC(=O)O. The van der Waals surface area contributed by atoms with Crippen LogP contribution in [0.4, 0.5) is 0 Å². The number of carboxylic acid groups (broad SMARTS) is 1. The van der Waals surface area contributed by atoms with Gasteiger partial charge in [-0.1, -0.05) is 26.7 Å². The second-order valence-corrected chi connectivity index (χ2v) is 4.66. The standard InChI is InChI=1S/C14H29NO3/c1-3-5-9-15(11-8-14(16)17)10-7-13-18-12-6-4-2/h3-13H2,1-2H3,(H,16,17). The van der Waals surface area contributed by atoms with Gasteiger partial charge in [-0.15, -0.1) is 0 Å². The van der Waals surface area contributed by atoms with Crippen molar-refractivity contribution in [3.05, 3.63) is 0 Å². The van der Waals surface area contributed by atoms with E-state index in [4.69, 9.17) is 9.84 Å². The van der Waals surface area contributed by atoms with Crippen molar-refractivity contribution in [2.75, 3.05) is 32.8 Å². The molecule has 0 radical (unpaired) electrons. The maximum Gasteiger partial charge on any atom is 0.304 e. The number of rotatable bonds is 13. The van der Waals surface area contributed by atoms with E-state index in [0.29, 0.717) is 6.54 Å². The van der Waals surface area contributed by atoms with Gasteiger partial charge >= 0.3 is 5.97 Å². The quantitative estimate of drug-likeness (QED) is 0.517. The molecule has 108 valence electrons. The van der Waals surface area contributed by atoms with E-state index in [-0.39, 0.29) is 6.42 Å². The third-order valence-electron chi connectivity index (χ3n) is 2.88. The van der Waals surface area contributed by atoms with Crippen molar-refractivity contribution in [2.45, 2.75) is 52.4 Å². The molecule has 0 aliphatic rings. The lowest BCUT2D eigenvalue weighted by Gasteiger charge is -2.21. The molecule has 0 heterocycles. The highest BCUT2D eigenvalue weighted by atomic mass is 16.5. The van der Waals surface area contributed by atoms with Gasteiger partial charge in [0.2, 0.25) is 0 Å². The molecule has 0 saturated heterocycles. The van der Waals surface area contributed by atoms with Crippen LogP contribution in [0, 0.1) is 0 Å². The molecule has 0 aromatic heterocycles. The lowest BCUT2D eigenvalue weighted by atomic mass is 10.2. The molecular formula is C14H29NO3.